The molecule has 2 nitrogen and oxygen atoms in total. The maximum absolute atomic E-state index is 6.08. The quantitative estimate of drug-likeness (QED) is 0.458. The van der Waals surface area contributed by atoms with Gasteiger partial charge in [-0.1, -0.05) is 69.9 Å². The molecule has 1 saturated carbocycles. The van der Waals surface area contributed by atoms with Gasteiger partial charge in [0.05, 0.1) is 0 Å². The van der Waals surface area contributed by atoms with Crippen LogP contribution in [0.2, 0.25) is 0 Å². The summed E-state index contributed by atoms with van der Waals surface area (Å²) in [7, 11) is 0. The van der Waals surface area contributed by atoms with E-state index in [-0.39, 0.29) is 5.41 Å². The normalized spacial score (nSPS) is 19.2. The zero-order valence-corrected chi connectivity index (χ0v) is 13.8. The van der Waals surface area contributed by atoms with Gasteiger partial charge in [-0.05, 0) is 37.2 Å². The molecule has 1 fully saturated rings. The first-order valence-electron chi connectivity index (χ1n) is 8.80. The van der Waals surface area contributed by atoms with E-state index in [9.17, 15) is 0 Å². The zero-order valence-electron chi connectivity index (χ0n) is 13.8. The molecule has 1 aromatic rings. The van der Waals surface area contributed by atoms with Crippen LogP contribution in [0.3, 0.4) is 0 Å². The highest BCUT2D eigenvalue weighted by atomic mass is 15.2. The summed E-state index contributed by atoms with van der Waals surface area (Å²) >= 11 is 0. The van der Waals surface area contributed by atoms with E-state index < -0.39 is 0 Å². The maximum atomic E-state index is 6.08. The molecule has 118 valence electrons. The first-order valence-corrected chi connectivity index (χ1v) is 8.80. The standard InChI is InChI=1S/C19H32N2/c1-3-19(4-2,17-14-10-7-11-15-17)18(21-20)16-12-8-5-6-9-13-16/h7,10-11,14-16,18,21H,3-6,8-9,12-13,20H2,1-2H3. The molecule has 2 rings (SSSR count). The second-order valence-electron chi connectivity index (χ2n) is 6.63. The fourth-order valence-electron chi connectivity index (χ4n) is 4.44. The van der Waals surface area contributed by atoms with Crippen molar-refractivity contribution >= 4 is 0 Å². The molecular formula is C19H32N2. The van der Waals surface area contributed by atoms with E-state index in [4.69, 9.17) is 5.84 Å². The van der Waals surface area contributed by atoms with Gasteiger partial charge in [-0.25, -0.2) is 0 Å². The van der Waals surface area contributed by atoms with Crippen LogP contribution in [0.5, 0.6) is 0 Å². The molecule has 1 atom stereocenters. The van der Waals surface area contributed by atoms with Crippen molar-refractivity contribution in [3.8, 4) is 0 Å². The lowest BCUT2D eigenvalue weighted by Gasteiger charge is -2.44. The summed E-state index contributed by atoms with van der Waals surface area (Å²) in [6, 6.07) is 11.4. The molecule has 1 aromatic carbocycles. The van der Waals surface area contributed by atoms with Crippen molar-refractivity contribution in [1.82, 2.24) is 5.43 Å². The van der Waals surface area contributed by atoms with Crippen molar-refractivity contribution in [3.63, 3.8) is 0 Å². The number of nitrogens with one attached hydrogen (secondary N) is 1. The van der Waals surface area contributed by atoms with E-state index >= 15 is 0 Å². The van der Waals surface area contributed by atoms with E-state index in [1.165, 1.54) is 44.1 Å². The lowest BCUT2D eigenvalue weighted by molar-refractivity contribution is 0.185. The van der Waals surface area contributed by atoms with Crippen molar-refractivity contribution in [1.29, 1.82) is 0 Å². The molecule has 2 heteroatoms. The topological polar surface area (TPSA) is 38.0 Å². The van der Waals surface area contributed by atoms with Crippen molar-refractivity contribution < 1.29 is 0 Å². The first kappa shape index (κ1) is 16.5. The highest BCUT2D eigenvalue weighted by Crippen LogP contribution is 2.41. The molecular weight excluding hydrogens is 256 g/mol. The Morgan fingerprint density at radius 1 is 1.05 bits per heavy atom. The lowest BCUT2D eigenvalue weighted by Crippen LogP contribution is -2.54. The van der Waals surface area contributed by atoms with Crippen LogP contribution in [0.1, 0.15) is 70.8 Å². The predicted octanol–water partition coefficient (Wildman–Crippen LogP) is 4.55. The molecule has 0 radical (unpaired) electrons. The van der Waals surface area contributed by atoms with Crippen molar-refractivity contribution in [2.45, 2.75) is 76.7 Å². The third kappa shape index (κ3) is 3.49. The Bertz CT molecular complexity index is 389. The van der Waals surface area contributed by atoms with Crippen LogP contribution < -0.4 is 11.3 Å². The summed E-state index contributed by atoms with van der Waals surface area (Å²) in [6.07, 6.45) is 10.4. The third-order valence-corrected chi connectivity index (χ3v) is 5.76. The summed E-state index contributed by atoms with van der Waals surface area (Å²) in [6.45, 7) is 4.63. The van der Waals surface area contributed by atoms with Gasteiger partial charge >= 0.3 is 0 Å². The minimum Gasteiger partial charge on any atom is -0.271 e. The molecule has 1 unspecified atom stereocenters. The predicted molar refractivity (Wildman–Crippen MR) is 91.0 cm³/mol. The lowest BCUT2D eigenvalue weighted by atomic mass is 9.65. The molecule has 1 aliphatic carbocycles. The Morgan fingerprint density at radius 2 is 1.62 bits per heavy atom. The van der Waals surface area contributed by atoms with Gasteiger partial charge in [0.2, 0.25) is 0 Å². The largest absolute Gasteiger partial charge is 0.271 e. The SMILES string of the molecule is CCC(CC)(c1ccccc1)C(NN)C1CCCCCC1. The fraction of sp³-hybridized carbons (Fsp3) is 0.684. The number of hydrazine groups is 1. The van der Waals surface area contributed by atoms with E-state index in [2.05, 4.69) is 49.6 Å². The van der Waals surface area contributed by atoms with Gasteiger partial charge < -0.3 is 0 Å². The molecule has 21 heavy (non-hydrogen) atoms. The van der Waals surface area contributed by atoms with Gasteiger partial charge in [0.25, 0.3) is 0 Å². The maximum Gasteiger partial charge on any atom is 0.0335 e. The summed E-state index contributed by atoms with van der Waals surface area (Å²) in [5.74, 6) is 6.79. The van der Waals surface area contributed by atoms with E-state index in [1.807, 2.05) is 0 Å². The summed E-state index contributed by atoms with van der Waals surface area (Å²) in [4.78, 5) is 0. The molecule has 0 bridgehead atoms. The second-order valence-corrected chi connectivity index (χ2v) is 6.63. The number of rotatable bonds is 6. The van der Waals surface area contributed by atoms with Crippen molar-refractivity contribution in [3.05, 3.63) is 35.9 Å². The van der Waals surface area contributed by atoms with Gasteiger partial charge in [-0.15, -0.1) is 0 Å². The average molecular weight is 288 g/mol. The zero-order chi connectivity index (χ0) is 15.1. The number of nitrogens with two attached hydrogens (primary N) is 1. The summed E-state index contributed by atoms with van der Waals surface area (Å²) in [5, 5.41) is 0. The Balaban J connectivity index is 2.33. The van der Waals surface area contributed by atoms with Crippen LogP contribution in [0.4, 0.5) is 0 Å². The summed E-state index contributed by atoms with van der Waals surface area (Å²) in [5.41, 5.74) is 4.85. The van der Waals surface area contributed by atoms with Gasteiger partial charge in [0.15, 0.2) is 0 Å². The average Bonchev–Trinajstić information content (AvgIpc) is 2.82. The van der Waals surface area contributed by atoms with Crippen molar-refractivity contribution in [2.75, 3.05) is 0 Å². The van der Waals surface area contributed by atoms with Gasteiger partial charge in [0.1, 0.15) is 0 Å². The molecule has 0 spiro atoms. The van der Waals surface area contributed by atoms with Gasteiger partial charge in [-0.3, -0.25) is 11.3 Å². The van der Waals surface area contributed by atoms with Gasteiger partial charge in [0, 0.05) is 11.5 Å². The Hall–Kier alpha value is -0.860. The van der Waals surface area contributed by atoms with Crippen LogP contribution >= 0.6 is 0 Å². The number of hydrogen-bond acceptors (Lipinski definition) is 2. The highest BCUT2D eigenvalue weighted by Gasteiger charge is 2.41. The minimum atomic E-state index is 0.158. The van der Waals surface area contributed by atoms with Crippen LogP contribution in [0.15, 0.2) is 30.3 Å². The fourth-order valence-corrected chi connectivity index (χ4v) is 4.44. The molecule has 0 heterocycles. The Kier molecular flexibility index (Phi) is 6.25. The van der Waals surface area contributed by atoms with Crippen LogP contribution in [0, 0.1) is 5.92 Å². The smallest absolute Gasteiger partial charge is 0.0335 e. The van der Waals surface area contributed by atoms with Crippen LogP contribution in [-0.4, -0.2) is 6.04 Å². The van der Waals surface area contributed by atoms with Crippen LogP contribution in [0.25, 0.3) is 0 Å². The number of benzene rings is 1. The minimum absolute atomic E-state index is 0.158. The highest BCUT2D eigenvalue weighted by molar-refractivity contribution is 5.28. The summed E-state index contributed by atoms with van der Waals surface area (Å²) < 4.78 is 0. The molecule has 3 N–H and O–H groups in total. The second kappa shape index (κ2) is 7.95. The van der Waals surface area contributed by atoms with E-state index in [0.717, 1.165) is 12.8 Å². The Labute approximate surface area is 130 Å². The van der Waals surface area contributed by atoms with Crippen LogP contribution in [-0.2, 0) is 5.41 Å². The molecule has 0 amide bonds. The number of hydrogen-bond donors (Lipinski definition) is 2. The van der Waals surface area contributed by atoms with E-state index in [1.54, 1.807) is 0 Å². The van der Waals surface area contributed by atoms with Crippen molar-refractivity contribution in [2.24, 2.45) is 11.8 Å². The molecule has 0 aliphatic heterocycles. The van der Waals surface area contributed by atoms with Gasteiger partial charge in [-0.2, -0.15) is 0 Å². The first-order chi connectivity index (χ1) is 10.3. The van der Waals surface area contributed by atoms with E-state index in [0.29, 0.717) is 12.0 Å². The Morgan fingerprint density at radius 3 is 2.10 bits per heavy atom. The molecule has 1 aliphatic rings. The molecule has 0 saturated heterocycles. The monoisotopic (exact) mass is 288 g/mol. The molecule has 0 aromatic heterocycles. The third-order valence-electron chi connectivity index (χ3n) is 5.76.